The highest BCUT2D eigenvalue weighted by atomic mass is 16.7. The summed E-state index contributed by atoms with van der Waals surface area (Å²) in [5, 5.41) is 12.8. The number of nitrogens with one attached hydrogen (secondary N) is 1. The summed E-state index contributed by atoms with van der Waals surface area (Å²) in [5.41, 5.74) is 1.18. The molecule has 1 aromatic rings. The van der Waals surface area contributed by atoms with Crippen LogP contribution in [0.25, 0.3) is 0 Å². The number of rotatable bonds is 8. The van der Waals surface area contributed by atoms with Crippen molar-refractivity contribution in [1.82, 2.24) is 5.32 Å². The summed E-state index contributed by atoms with van der Waals surface area (Å²) in [4.78, 5) is 24.9. The minimum Gasteiger partial charge on any atom is -0.493 e. The molecule has 0 aromatic heterocycles. The maximum atomic E-state index is 12.7. The molecule has 1 aliphatic heterocycles. The lowest BCUT2D eigenvalue weighted by Gasteiger charge is -2.33. The molecule has 2 rings (SSSR count). The lowest BCUT2D eigenvalue weighted by Crippen LogP contribution is -2.38. The van der Waals surface area contributed by atoms with Crippen LogP contribution in [0.2, 0.25) is 0 Å². The van der Waals surface area contributed by atoms with E-state index in [1.54, 1.807) is 25.1 Å². The largest absolute Gasteiger partial charge is 0.493 e. The molecule has 29 heavy (non-hydrogen) atoms. The lowest BCUT2D eigenvalue weighted by atomic mass is 9.80. The predicted molar refractivity (Wildman–Crippen MR) is 103 cm³/mol. The van der Waals surface area contributed by atoms with Gasteiger partial charge in [-0.1, -0.05) is 6.07 Å². The molecule has 0 bridgehead atoms. The van der Waals surface area contributed by atoms with Gasteiger partial charge in [0.2, 0.25) is 0 Å². The second-order valence-corrected chi connectivity index (χ2v) is 6.14. The van der Waals surface area contributed by atoms with Crippen molar-refractivity contribution in [3.63, 3.8) is 0 Å². The molecule has 0 amide bonds. The van der Waals surface area contributed by atoms with Crippen LogP contribution < -0.4 is 14.8 Å². The molecule has 0 spiro atoms. The van der Waals surface area contributed by atoms with E-state index in [1.807, 2.05) is 0 Å². The van der Waals surface area contributed by atoms with Crippen molar-refractivity contribution >= 4 is 11.9 Å². The number of methoxy groups -OCH3 is 5. The Morgan fingerprint density at radius 1 is 1.00 bits per heavy atom. The predicted octanol–water partition coefficient (Wildman–Crippen LogP) is 1.80. The molecule has 2 N–H and O–H groups in total. The molecule has 1 aliphatic rings. The van der Waals surface area contributed by atoms with Gasteiger partial charge in [-0.05, 0) is 24.6 Å². The molecule has 1 atom stereocenters. The van der Waals surface area contributed by atoms with Crippen LogP contribution in [-0.4, -0.2) is 58.9 Å². The number of carboxylic acids is 1. The van der Waals surface area contributed by atoms with E-state index in [4.69, 9.17) is 23.7 Å². The maximum Gasteiger partial charge on any atom is 0.336 e. The first-order valence-electron chi connectivity index (χ1n) is 8.65. The number of dihydropyridines is 1. The Bertz CT molecular complexity index is 854. The van der Waals surface area contributed by atoms with Gasteiger partial charge in [-0.15, -0.1) is 0 Å². The van der Waals surface area contributed by atoms with E-state index in [9.17, 15) is 14.7 Å². The van der Waals surface area contributed by atoms with Crippen LogP contribution in [0.15, 0.2) is 40.7 Å². The van der Waals surface area contributed by atoms with Crippen molar-refractivity contribution < 1.29 is 38.4 Å². The second-order valence-electron chi connectivity index (χ2n) is 6.14. The third-order valence-corrected chi connectivity index (χ3v) is 4.63. The highest BCUT2D eigenvalue weighted by Gasteiger charge is 2.40. The normalized spacial score (nSPS) is 16.6. The second kappa shape index (κ2) is 9.44. The standard InChI is InChI=1S/C20H25NO8/c1-10-14(18(22)23)15(11-7-8-12(25-2)13(9-11)26-3)16(19(24)27-4)17(21-10)20(28-5)29-6/h7-9,15,20-21H,1-6H3,(H,22,23). The van der Waals surface area contributed by atoms with Gasteiger partial charge in [-0.3, -0.25) is 0 Å². The zero-order chi connectivity index (χ0) is 21.7. The van der Waals surface area contributed by atoms with Gasteiger partial charge in [0.25, 0.3) is 0 Å². The minimum atomic E-state index is -1.18. The van der Waals surface area contributed by atoms with Crippen molar-refractivity contribution in [2.24, 2.45) is 0 Å². The number of hydrogen-bond donors (Lipinski definition) is 2. The number of carboxylic acid groups (broad SMARTS) is 1. The molecule has 0 saturated carbocycles. The number of hydrogen-bond acceptors (Lipinski definition) is 8. The fourth-order valence-electron chi connectivity index (χ4n) is 3.36. The Labute approximate surface area is 168 Å². The number of carbonyl (C=O) groups is 2. The summed E-state index contributed by atoms with van der Waals surface area (Å²) >= 11 is 0. The average molecular weight is 407 g/mol. The summed E-state index contributed by atoms with van der Waals surface area (Å²) in [6.45, 7) is 1.60. The molecule has 1 heterocycles. The molecule has 158 valence electrons. The van der Waals surface area contributed by atoms with Gasteiger partial charge in [-0.25, -0.2) is 9.59 Å². The third kappa shape index (κ3) is 4.20. The fourth-order valence-corrected chi connectivity index (χ4v) is 3.36. The van der Waals surface area contributed by atoms with Gasteiger partial charge in [0.1, 0.15) is 0 Å². The molecule has 0 radical (unpaired) electrons. The first kappa shape index (κ1) is 22.3. The van der Waals surface area contributed by atoms with E-state index in [-0.39, 0.29) is 16.8 Å². The number of esters is 1. The summed E-state index contributed by atoms with van der Waals surface area (Å²) in [6, 6.07) is 4.94. The number of benzene rings is 1. The number of aliphatic carboxylic acids is 1. The van der Waals surface area contributed by atoms with Gasteiger partial charge in [0.15, 0.2) is 17.8 Å². The Morgan fingerprint density at radius 2 is 1.62 bits per heavy atom. The van der Waals surface area contributed by atoms with Gasteiger partial charge < -0.3 is 34.1 Å². The SMILES string of the molecule is COC(=O)C1=C(C(OC)OC)NC(C)=C(C(=O)O)C1c1ccc(OC)c(OC)c1. The fraction of sp³-hybridized carbons (Fsp3) is 0.400. The highest BCUT2D eigenvalue weighted by Crippen LogP contribution is 2.42. The molecule has 9 heteroatoms. The van der Waals surface area contributed by atoms with Crippen LogP contribution in [0.4, 0.5) is 0 Å². The zero-order valence-electron chi connectivity index (χ0n) is 17.2. The summed E-state index contributed by atoms with van der Waals surface area (Å²) < 4.78 is 26.2. The van der Waals surface area contributed by atoms with E-state index in [0.29, 0.717) is 22.8 Å². The molecule has 0 fully saturated rings. The van der Waals surface area contributed by atoms with Crippen molar-refractivity contribution in [2.45, 2.75) is 19.1 Å². The minimum absolute atomic E-state index is 0.00711. The molecular formula is C20H25NO8. The Hall–Kier alpha value is -3.04. The van der Waals surface area contributed by atoms with E-state index in [1.165, 1.54) is 35.5 Å². The summed E-state index contributed by atoms with van der Waals surface area (Å²) in [6.07, 6.45) is -0.933. The molecule has 0 saturated heterocycles. The quantitative estimate of drug-likeness (QED) is 0.492. The smallest absolute Gasteiger partial charge is 0.336 e. The van der Waals surface area contributed by atoms with Crippen molar-refractivity contribution in [3.05, 3.63) is 46.3 Å². The Kier molecular flexibility index (Phi) is 7.24. The highest BCUT2D eigenvalue weighted by molar-refractivity contribution is 5.99. The molecular weight excluding hydrogens is 382 g/mol. The monoisotopic (exact) mass is 407 g/mol. The first-order valence-corrected chi connectivity index (χ1v) is 8.65. The van der Waals surface area contributed by atoms with Gasteiger partial charge >= 0.3 is 11.9 Å². The topological polar surface area (TPSA) is 113 Å². The van der Waals surface area contributed by atoms with E-state index < -0.39 is 24.1 Å². The van der Waals surface area contributed by atoms with E-state index in [0.717, 1.165) is 0 Å². The van der Waals surface area contributed by atoms with Crippen LogP contribution >= 0.6 is 0 Å². The van der Waals surface area contributed by atoms with Gasteiger partial charge in [0, 0.05) is 19.9 Å². The van der Waals surface area contributed by atoms with Crippen molar-refractivity contribution in [2.75, 3.05) is 35.5 Å². The molecule has 1 aromatic carbocycles. The number of carbonyl (C=O) groups excluding carboxylic acids is 1. The first-order chi connectivity index (χ1) is 13.8. The molecule has 0 aliphatic carbocycles. The number of ether oxygens (including phenoxy) is 5. The van der Waals surface area contributed by atoms with Crippen LogP contribution in [0, 0.1) is 0 Å². The lowest BCUT2D eigenvalue weighted by molar-refractivity contribution is -0.137. The van der Waals surface area contributed by atoms with Crippen molar-refractivity contribution in [1.29, 1.82) is 0 Å². The summed E-state index contributed by atoms with van der Waals surface area (Å²) in [7, 11) is 7.01. The average Bonchev–Trinajstić information content (AvgIpc) is 2.72. The number of allylic oxidation sites excluding steroid dienone is 1. The van der Waals surface area contributed by atoms with Gasteiger partial charge in [-0.2, -0.15) is 0 Å². The van der Waals surface area contributed by atoms with Crippen molar-refractivity contribution in [3.8, 4) is 11.5 Å². The summed E-state index contributed by atoms with van der Waals surface area (Å²) in [5.74, 6) is -1.98. The van der Waals surface area contributed by atoms with Crippen LogP contribution in [0.5, 0.6) is 11.5 Å². The van der Waals surface area contributed by atoms with E-state index >= 15 is 0 Å². The van der Waals surface area contributed by atoms with Gasteiger partial charge in [0.05, 0.1) is 44.1 Å². The van der Waals surface area contributed by atoms with Crippen LogP contribution in [0.1, 0.15) is 18.4 Å². The van der Waals surface area contributed by atoms with E-state index in [2.05, 4.69) is 5.32 Å². The molecule has 1 unspecified atom stereocenters. The third-order valence-electron chi connectivity index (χ3n) is 4.63. The maximum absolute atomic E-state index is 12.7. The van der Waals surface area contributed by atoms with Crippen LogP contribution in [0.3, 0.4) is 0 Å². The van der Waals surface area contributed by atoms with Crippen LogP contribution in [-0.2, 0) is 23.8 Å². The zero-order valence-corrected chi connectivity index (χ0v) is 17.2. The Balaban J connectivity index is 2.82. The molecule has 9 nitrogen and oxygen atoms in total. The Morgan fingerprint density at radius 3 is 2.10 bits per heavy atom.